The van der Waals surface area contributed by atoms with Gasteiger partial charge >= 0.3 is 0 Å². The molecule has 2 amide bonds. The number of fused-ring (bicyclic) bond motifs is 1. The van der Waals surface area contributed by atoms with E-state index in [1.165, 1.54) is 11.3 Å². The fourth-order valence-corrected chi connectivity index (χ4v) is 3.57. The molecule has 1 aromatic heterocycles. The Morgan fingerprint density at radius 3 is 3.00 bits per heavy atom. The maximum atomic E-state index is 12.3. The minimum absolute atomic E-state index is 0.0542. The Hall–Kier alpha value is -1.87. The summed E-state index contributed by atoms with van der Waals surface area (Å²) >= 11 is 1.22. The normalized spacial score (nSPS) is 22.7. The molecule has 0 spiro atoms. The molecule has 5 nitrogen and oxygen atoms in total. The van der Waals surface area contributed by atoms with Crippen LogP contribution in [0.5, 0.6) is 0 Å². The lowest BCUT2D eigenvalue weighted by atomic mass is 10.1. The van der Waals surface area contributed by atoms with Crippen molar-refractivity contribution in [3.05, 3.63) is 21.4 Å². The Bertz CT molecular complexity index is 587. The van der Waals surface area contributed by atoms with E-state index in [1.807, 2.05) is 0 Å². The molecule has 2 aliphatic heterocycles. The van der Waals surface area contributed by atoms with Crippen LogP contribution in [0, 0.1) is 11.3 Å². The van der Waals surface area contributed by atoms with Crippen molar-refractivity contribution in [2.24, 2.45) is 0 Å². The molecule has 3 heterocycles. The number of carbonyl (C=O) groups is 2. The molecule has 0 radical (unpaired) electrons. The van der Waals surface area contributed by atoms with E-state index in [1.54, 1.807) is 11.0 Å². The van der Waals surface area contributed by atoms with E-state index in [2.05, 4.69) is 11.4 Å². The summed E-state index contributed by atoms with van der Waals surface area (Å²) in [6.45, 7) is 1.14. The van der Waals surface area contributed by atoms with Crippen molar-refractivity contribution in [2.75, 3.05) is 6.54 Å². The number of carbonyl (C=O) groups excluding carboxylic acids is 2. The van der Waals surface area contributed by atoms with Gasteiger partial charge in [0.25, 0.3) is 5.91 Å². The standard InChI is InChI=1S/C13H13N3O2S/c14-6-9-5-8-7-16(13(18)11(8)19-9)10-3-1-2-4-15-12(10)17/h5,10H,1-4,7H2,(H,15,17)/t10-/m0/s1. The van der Waals surface area contributed by atoms with Crippen LogP contribution in [0.1, 0.15) is 39.4 Å². The van der Waals surface area contributed by atoms with Gasteiger partial charge < -0.3 is 10.2 Å². The van der Waals surface area contributed by atoms with Crippen molar-refractivity contribution < 1.29 is 9.59 Å². The van der Waals surface area contributed by atoms with E-state index >= 15 is 0 Å². The predicted octanol–water partition coefficient (Wildman–Crippen LogP) is 1.24. The Morgan fingerprint density at radius 2 is 2.26 bits per heavy atom. The van der Waals surface area contributed by atoms with Crippen LogP contribution < -0.4 is 5.32 Å². The third kappa shape index (κ3) is 2.00. The number of thiophene rings is 1. The third-order valence-electron chi connectivity index (χ3n) is 3.60. The fraction of sp³-hybridized carbons (Fsp3) is 0.462. The van der Waals surface area contributed by atoms with Gasteiger partial charge in [0.15, 0.2) is 0 Å². The van der Waals surface area contributed by atoms with Gasteiger partial charge in [0, 0.05) is 13.1 Å². The van der Waals surface area contributed by atoms with E-state index in [9.17, 15) is 9.59 Å². The van der Waals surface area contributed by atoms with E-state index in [4.69, 9.17) is 5.26 Å². The average Bonchev–Trinajstić information content (AvgIpc) is 2.86. The summed E-state index contributed by atoms with van der Waals surface area (Å²) in [5.74, 6) is -0.162. The summed E-state index contributed by atoms with van der Waals surface area (Å²) in [4.78, 5) is 27.1. The second kappa shape index (κ2) is 4.67. The molecule has 0 unspecified atom stereocenters. The Kier molecular flexibility index (Phi) is 2.99. The van der Waals surface area contributed by atoms with Gasteiger partial charge in [-0.1, -0.05) is 0 Å². The van der Waals surface area contributed by atoms with Crippen molar-refractivity contribution in [3.8, 4) is 6.07 Å². The zero-order chi connectivity index (χ0) is 13.4. The molecule has 1 atom stereocenters. The number of rotatable bonds is 1. The molecule has 0 saturated carbocycles. The van der Waals surface area contributed by atoms with Crippen LogP contribution in [0.4, 0.5) is 0 Å². The summed E-state index contributed by atoms with van der Waals surface area (Å²) in [6, 6.07) is 3.45. The summed E-state index contributed by atoms with van der Waals surface area (Å²) in [5, 5.41) is 11.7. The lowest BCUT2D eigenvalue weighted by Gasteiger charge is -2.25. The van der Waals surface area contributed by atoms with Crippen LogP contribution in [-0.4, -0.2) is 29.3 Å². The molecule has 2 aliphatic rings. The Balaban J connectivity index is 1.85. The third-order valence-corrected chi connectivity index (χ3v) is 4.67. The first kappa shape index (κ1) is 12.2. The molecule has 1 aromatic rings. The topological polar surface area (TPSA) is 73.2 Å². The summed E-state index contributed by atoms with van der Waals surface area (Å²) < 4.78 is 0. The zero-order valence-electron chi connectivity index (χ0n) is 10.3. The maximum Gasteiger partial charge on any atom is 0.265 e. The highest BCUT2D eigenvalue weighted by Crippen LogP contribution is 2.33. The van der Waals surface area contributed by atoms with Gasteiger partial charge in [-0.25, -0.2) is 0 Å². The molecule has 98 valence electrons. The van der Waals surface area contributed by atoms with Crippen LogP contribution in [0.3, 0.4) is 0 Å². The van der Waals surface area contributed by atoms with Crippen LogP contribution in [0.25, 0.3) is 0 Å². The highest BCUT2D eigenvalue weighted by molar-refractivity contribution is 7.14. The largest absolute Gasteiger partial charge is 0.354 e. The van der Waals surface area contributed by atoms with Crippen molar-refractivity contribution in [1.29, 1.82) is 5.26 Å². The monoisotopic (exact) mass is 275 g/mol. The summed E-state index contributed by atoms with van der Waals surface area (Å²) in [7, 11) is 0. The number of nitriles is 1. The second-order valence-electron chi connectivity index (χ2n) is 4.81. The number of nitrogens with zero attached hydrogens (tertiary/aromatic N) is 2. The molecule has 3 rings (SSSR count). The van der Waals surface area contributed by atoms with Crippen molar-refractivity contribution in [3.63, 3.8) is 0 Å². The van der Waals surface area contributed by atoms with E-state index in [-0.39, 0.29) is 17.9 Å². The fourth-order valence-electron chi connectivity index (χ4n) is 2.64. The van der Waals surface area contributed by atoms with Crippen LogP contribution in [-0.2, 0) is 11.3 Å². The van der Waals surface area contributed by atoms with Crippen molar-refractivity contribution in [1.82, 2.24) is 10.2 Å². The van der Waals surface area contributed by atoms with Gasteiger partial charge in [0.05, 0.1) is 4.88 Å². The maximum absolute atomic E-state index is 12.3. The molecule has 1 saturated heterocycles. The van der Waals surface area contributed by atoms with E-state index in [0.29, 0.717) is 22.8 Å². The number of amides is 2. The lowest BCUT2D eigenvalue weighted by Crippen LogP contribution is -2.45. The van der Waals surface area contributed by atoms with Gasteiger partial charge in [0.2, 0.25) is 5.91 Å². The molecule has 1 N–H and O–H groups in total. The number of hydrogen-bond acceptors (Lipinski definition) is 4. The van der Waals surface area contributed by atoms with E-state index in [0.717, 1.165) is 24.8 Å². The Morgan fingerprint density at radius 1 is 1.42 bits per heavy atom. The van der Waals surface area contributed by atoms with Gasteiger partial charge in [0.1, 0.15) is 17.0 Å². The first-order valence-electron chi connectivity index (χ1n) is 6.32. The van der Waals surface area contributed by atoms with E-state index < -0.39 is 0 Å². The number of nitrogens with one attached hydrogen (secondary N) is 1. The van der Waals surface area contributed by atoms with Crippen molar-refractivity contribution >= 4 is 23.2 Å². The summed E-state index contributed by atoms with van der Waals surface area (Å²) in [6.07, 6.45) is 2.63. The molecule has 0 bridgehead atoms. The summed E-state index contributed by atoms with van der Waals surface area (Å²) in [5.41, 5.74) is 0.878. The minimum atomic E-state index is -0.361. The SMILES string of the molecule is N#Cc1cc2c(s1)C(=O)N([C@H]1CCCCNC1=O)C2. The molecule has 0 aliphatic carbocycles. The quantitative estimate of drug-likeness (QED) is 0.838. The van der Waals surface area contributed by atoms with Crippen LogP contribution in [0.2, 0.25) is 0 Å². The van der Waals surface area contributed by atoms with Gasteiger partial charge in [-0.05, 0) is 30.9 Å². The van der Waals surface area contributed by atoms with Gasteiger partial charge in [-0.15, -0.1) is 11.3 Å². The first-order valence-corrected chi connectivity index (χ1v) is 7.14. The minimum Gasteiger partial charge on any atom is -0.354 e. The molecule has 1 fully saturated rings. The smallest absolute Gasteiger partial charge is 0.265 e. The van der Waals surface area contributed by atoms with Crippen molar-refractivity contribution in [2.45, 2.75) is 31.8 Å². The molecule has 6 heteroatoms. The first-order chi connectivity index (χ1) is 9.20. The number of hydrogen-bond donors (Lipinski definition) is 1. The van der Waals surface area contributed by atoms with Gasteiger partial charge in [-0.3, -0.25) is 9.59 Å². The average molecular weight is 275 g/mol. The molecular weight excluding hydrogens is 262 g/mol. The lowest BCUT2D eigenvalue weighted by molar-refractivity contribution is -0.125. The van der Waals surface area contributed by atoms with Crippen LogP contribution in [0.15, 0.2) is 6.07 Å². The second-order valence-corrected chi connectivity index (χ2v) is 5.86. The molecular formula is C13H13N3O2S. The highest BCUT2D eigenvalue weighted by atomic mass is 32.1. The molecule has 19 heavy (non-hydrogen) atoms. The predicted molar refractivity (Wildman–Crippen MR) is 69.6 cm³/mol. The van der Waals surface area contributed by atoms with Gasteiger partial charge in [-0.2, -0.15) is 5.26 Å². The van der Waals surface area contributed by atoms with Crippen LogP contribution >= 0.6 is 11.3 Å². The zero-order valence-corrected chi connectivity index (χ0v) is 11.1. The Labute approximate surface area is 114 Å². The highest BCUT2D eigenvalue weighted by Gasteiger charge is 2.38. The molecule has 0 aromatic carbocycles.